The molecule has 2 fully saturated rings. The van der Waals surface area contributed by atoms with Gasteiger partial charge in [-0.1, -0.05) is 30.3 Å². The van der Waals surface area contributed by atoms with Gasteiger partial charge in [0.15, 0.2) is 17.3 Å². The first-order valence-corrected chi connectivity index (χ1v) is 14.5. The number of nitrogens with two attached hydrogens (primary N) is 1. The van der Waals surface area contributed by atoms with Gasteiger partial charge in [0.05, 0.1) is 17.1 Å². The van der Waals surface area contributed by atoms with Gasteiger partial charge in [-0.3, -0.25) is 14.6 Å². The molecule has 8 rings (SSSR count). The van der Waals surface area contributed by atoms with Gasteiger partial charge in [0.2, 0.25) is 5.43 Å². The Morgan fingerprint density at radius 2 is 1.91 bits per heavy atom. The summed E-state index contributed by atoms with van der Waals surface area (Å²) < 4.78 is 24.3. The van der Waals surface area contributed by atoms with Crippen LogP contribution in [0.4, 0.5) is 10.1 Å². The molecule has 216 valence electrons. The van der Waals surface area contributed by atoms with Gasteiger partial charge in [-0.15, -0.1) is 0 Å². The van der Waals surface area contributed by atoms with Gasteiger partial charge in [-0.25, -0.2) is 4.39 Å². The Balaban J connectivity index is 1.31. The fraction of sp³-hybridized carbons (Fsp3) is 0.242. The molecule has 0 saturated carbocycles. The topological polar surface area (TPSA) is 106 Å². The number of nitrogens with one attached hydrogen (secondary N) is 1. The monoisotopic (exact) mass is 576 g/mol. The predicted octanol–water partition coefficient (Wildman–Crippen LogP) is 4.11. The van der Waals surface area contributed by atoms with Crippen molar-refractivity contribution in [1.82, 2.24) is 19.8 Å². The number of rotatable bonds is 3. The summed E-state index contributed by atoms with van der Waals surface area (Å²) in [6.07, 6.45) is 5.81. The summed E-state index contributed by atoms with van der Waals surface area (Å²) in [5, 5.41) is 5.47. The fourth-order valence-corrected chi connectivity index (χ4v) is 6.64. The van der Waals surface area contributed by atoms with Gasteiger partial charge < -0.3 is 30.2 Å². The molecule has 2 unspecified atom stereocenters. The molecule has 43 heavy (non-hydrogen) atoms. The molecular formula is C33H29FN6O3. The standard InChI is InChI=1S/C33H29FN6O3/c34-25-14-23-29-32(30(25)38-10-7-22(35)16-38)43-28-13-20-5-2-1-4-19(20)12-27(28)40(29)17-24(31(23)41)33(42)39-11-9-37-26(18-39)21-6-3-8-36-15-21/h1-6,8,12-15,17,22,26,37H,7,9-11,16,18,35H2. The minimum atomic E-state index is -0.576. The second-order valence-corrected chi connectivity index (χ2v) is 11.5. The number of carbonyl (C=O) groups is 1. The SMILES string of the molecule is NC1CCN(c2c(F)cc3c(=O)c(C(=O)N4CCNC(c5cccnc5)C4)cn4c3c2Oc2cc3ccccc3cc2-4)C1. The molecule has 3 aromatic carbocycles. The summed E-state index contributed by atoms with van der Waals surface area (Å²) >= 11 is 0. The number of carbonyl (C=O) groups excluding carboxylic acids is 1. The molecule has 0 bridgehead atoms. The van der Waals surface area contributed by atoms with E-state index in [0.717, 1.165) is 22.8 Å². The zero-order chi connectivity index (χ0) is 29.2. The highest BCUT2D eigenvalue weighted by atomic mass is 19.1. The van der Waals surface area contributed by atoms with E-state index in [2.05, 4.69) is 10.3 Å². The molecule has 0 radical (unpaired) electrons. The normalized spacial score (nSPS) is 19.5. The number of pyridine rings is 2. The summed E-state index contributed by atoms with van der Waals surface area (Å²) in [4.78, 5) is 35.9. The number of amides is 1. The molecule has 1 amide bonds. The Bertz CT molecular complexity index is 2000. The van der Waals surface area contributed by atoms with Crippen LogP contribution in [0.1, 0.15) is 28.4 Å². The Hall–Kier alpha value is -4.80. The largest absolute Gasteiger partial charge is 0.451 e. The van der Waals surface area contributed by atoms with Crippen molar-refractivity contribution >= 4 is 33.3 Å². The molecule has 0 aliphatic carbocycles. The fourth-order valence-electron chi connectivity index (χ4n) is 6.64. The Morgan fingerprint density at radius 3 is 2.67 bits per heavy atom. The van der Waals surface area contributed by atoms with E-state index in [1.807, 2.05) is 58.0 Å². The first kappa shape index (κ1) is 25.9. The van der Waals surface area contributed by atoms with E-state index in [9.17, 15) is 9.59 Å². The summed E-state index contributed by atoms with van der Waals surface area (Å²) in [7, 11) is 0. The average Bonchev–Trinajstić information content (AvgIpc) is 3.46. The van der Waals surface area contributed by atoms with Crippen LogP contribution in [0.25, 0.3) is 27.4 Å². The van der Waals surface area contributed by atoms with Gasteiger partial charge in [0.25, 0.3) is 5.91 Å². The van der Waals surface area contributed by atoms with Crippen molar-refractivity contribution in [2.45, 2.75) is 18.5 Å². The molecule has 5 aromatic rings. The number of hydrogen-bond acceptors (Lipinski definition) is 7. The van der Waals surface area contributed by atoms with Crippen LogP contribution in [0.3, 0.4) is 0 Å². The smallest absolute Gasteiger partial charge is 0.259 e. The number of benzene rings is 3. The minimum Gasteiger partial charge on any atom is -0.451 e. The van der Waals surface area contributed by atoms with Gasteiger partial charge >= 0.3 is 0 Å². The average molecular weight is 577 g/mol. The molecule has 3 N–H and O–H groups in total. The van der Waals surface area contributed by atoms with Crippen molar-refractivity contribution in [1.29, 1.82) is 0 Å². The highest BCUT2D eigenvalue weighted by Gasteiger charge is 2.34. The third kappa shape index (κ3) is 4.16. The molecule has 2 saturated heterocycles. The summed E-state index contributed by atoms with van der Waals surface area (Å²) in [5.74, 6) is -0.185. The maximum absolute atomic E-state index is 16.0. The molecule has 5 heterocycles. The Labute approximate surface area is 246 Å². The lowest BCUT2D eigenvalue weighted by Gasteiger charge is -2.34. The third-order valence-electron chi connectivity index (χ3n) is 8.79. The van der Waals surface area contributed by atoms with E-state index in [1.165, 1.54) is 6.07 Å². The van der Waals surface area contributed by atoms with Gasteiger partial charge in [-0.05, 0) is 47.0 Å². The van der Waals surface area contributed by atoms with Gasteiger partial charge in [0.1, 0.15) is 16.8 Å². The van der Waals surface area contributed by atoms with Crippen LogP contribution in [0.15, 0.2) is 78.0 Å². The molecule has 3 aliphatic heterocycles. The van der Waals surface area contributed by atoms with E-state index >= 15 is 4.39 Å². The summed E-state index contributed by atoms with van der Waals surface area (Å²) in [6, 6.07) is 16.6. The number of piperazine rings is 1. The Morgan fingerprint density at radius 1 is 1.07 bits per heavy atom. The first-order chi connectivity index (χ1) is 21.0. The van der Waals surface area contributed by atoms with Crippen LogP contribution in [-0.2, 0) is 0 Å². The lowest BCUT2D eigenvalue weighted by molar-refractivity contribution is 0.0701. The quantitative estimate of drug-likeness (QED) is 0.327. The van der Waals surface area contributed by atoms with Crippen molar-refractivity contribution < 1.29 is 13.9 Å². The zero-order valence-corrected chi connectivity index (χ0v) is 23.3. The van der Waals surface area contributed by atoms with E-state index in [-0.39, 0.29) is 34.5 Å². The second-order valence-electron chi connectivity index (χ2n) is 11.5. The van der Waals surface area contributed by atoms with Crippen molar-refractivity contribution in [3.63, 3.8) is 0 Å². The number of anilines is 1. The van der Waals surface area contributed by atoms with E-state index in [1.54, 1.807) is 23.5 Å². The van der Waals surface area contributed by atoms with Crippen molar-refractivity contribution in [3.05, 3.63) is 100 Å². The number of hydrogen-bond donors (Lipinski definition) is 2. The molecule has 2 aromatic heterocycles. The third-order valence-corrected chi connectivity index (χ3v) is 8.79. The minimum absolute atomic E-state index is 0.0124. The molecule has 0 spiro atoms. The maximum atomic E-state index is 16.0. The van der Waals surface area contributed by atoms with Crippen LogP contribution in [0.5, 0.6) is 11.5 Å². The van der Waals surface area contributed by atoms with E-state index < -0.39 is 17.2 Å². The Kier molecular flexibility index (Phi) is 5.95. The lowest BCUT2D eigenvalue weighted by atomic mass is 10.0. The number of ether oxygens (including phenoxy) is 1. The second kappa shape index (κ2) is 9.89. The summed E-state index contributed by atoms with van der Waals surface area (Å²) in [5.41, 5.74) is 8.01. The first-order valence-electron chi connectivity index (χ1n) is 14.5. The van der Waals surface area contributed by atoms with Crippen molar-refractivity contribution in [3.8, 4) is 17.2 Å². The summed E-state index contributed by atoms with van der Waals surface area (Å²) in [6.45, 7) is 2.43. The molecule has 10 heteroatoms. The zero-order valence-electron chi connectivity index (χ0n) is 23.3. The molecule has 2 atom stereocenters. The number of fused-ring (bicyclic) bond motifs is 3. The van der Waals surface area contributed by atoms with Gasteiger partial charge in [-0.2, -0.15) is 0 Å². The van der Waals surface area contributed by atoms with Crippen LogP contribution < -0.4 is 26.1 Å². The number of halogens is 1. The number of nitrogens with zero attached hydrogens (tertiary/aromatic N) is 4. The van der Waals surface area contributed by atoms with Crippen LogP contribution in [0, 0.1) is 5.82 Å². The maximum Gasteiger partial charge on any atom is 0.259 e. The predicted molar refractivity (Wildman–Crippen MR) is 163 cm³/mol. The van der Waals surface area contributed by atoms with Crippen LogP contribution in [0.2, 0.25) is 0 Å². The van der Waals surface area contributed by atoms with E-state index in [0.29, 0.717) is 49.7 Å². The van der Waals surface area contributed by atoms with Crippen molar-refractivity contribution in [2.75, 3.05) is 37.6 Å². The van der Waals surface area contributed by atoms with Crippen LogP contribution >= 0.6 is 0 Å². The lowest BCUT2D eigenvalue weighted by Crippen LogP contribution is -2.49. The van der Waals surface area contributed by atoms with Crippen molar-refractivity contribution in [2.24, 2.45) is 5.73 Å². The highest BCUT2D eigenvalue weighted by Crippen LogP contribution is 2.48. The van der Waals surface area contributed by atoms with E-state index in [4.69, 9.17) is 10.5 Å². The van der Waals surface area contributed by atoms with Gasteiger partial charge in [0, 0.05) is 57.4 Å². The number of aromatic nitrogens is 2. The molecule has 9 nitrogen and oxygen atoms in total. The highest BCUT2D eigenvalue weighted by molar-refractivity contribution is 6.02. The van der Waals surface area contributed by atoms with Crippen LogP contribution in [-0.4, -0.2) is 59.1 Å². The molecular weight excluding hydrogens is 547 g/mol. The molecule has 3 aliphatic rings.